The Balaban J connectivity index is 1.93. The summed E-state index contributed by atoms with van der Waals surface area (Å²) in [5, 5.41) is 0.657. The van der Waals surface area contributed by atoms with E-state index in [-0.39, 0.29) is 0 Å². The van der Waals surface area contributed by atoms with Crippen LogP contribution in [0.15, 0.2) is 72.9 Å². The molecule has 3 rings (SSSR count). The third-order valence-corrected chi connectivity index (χ3v) is 3.24. The van der Waals surface area contributed by atoms with Crippen molar-refractivity contribution in [3.05, 3.63) is 77.9 Å². The summed E-state index contributed by atoms with van der Waals surface area (Å²) in [5.74, 6) is 0. The van der Waals surface area contributed by atoms with Crippen molar-refractivity contribution < 1.29 is 0 Å². The summed E-state index contributed by atoms with van der Waals surface area (Å²) in [4.78, 5) is 4.32. The fraction of sp³-hybridized carbons (Fsp3) is 0. The minimum Gasteiger partial charge on any atom is -0.255 e. The number of hydrogen-bond acceptors (Lipinski definition) is 1. The van der Waals surface area contributed by atoms with E-state index in [9.17, 15) is 0 Å². The largest absolute Gasteiger partial charge is 0.255 e. The van der Waals surface area contributed by atoms with Crippen LogP contribution in [-0.2, 0) is 0 Å². The van der Waals surface area contributed by atoms with Gasteiger partial charge in [-0.2, -0.15) is 0 Å². The lowest BCUT2D eigenvalue weighted by Crippen LogP contribution is -1.83. The van der Waals surface area contributed by atoms with Gasteiger partial charge in [0.15, 0.2) is 0 Å². The number of halogens is 1. The van der Waals surface area contributed by atoms with E-state index in [4.69, 9.17) is 11.6 Å². The molecule has 0 aliphatic rings. The summed E-state index contributed by atoms with van der Waals surface area (Å²) < 4.78 is 0. The first-order valence-corrected chi connectivity index (χ1v) is 6.48. The molecule has 1 heterocycles. The third kappa shape index (κ3) is 2.67. The van der Waals surface area contributed by atoms with Crippen LogP contribution in [0.5, 0.6) is 0 Å². The Labute approximate surface area is 117 Å². The first-order chi connectivity index (χ1) is 9.33. The summed E-state index contributed by atoms with van der Waals surface area (Å²) in [6.07, 6.45) is 1.67. The number of rotatable bonds is 2. The number of nitrogens with zero attached hydrogens (tertiary/aromatic N) is 1. The Morgan fingerprint density at radius 3 is 1.89 bits per heavy atom. The third-order valence-electron chi connectivity index (χ3n) is 3.02. The average molecular weight is 266 g/mol. The van der Waals surface area contributed by atoms with E-state index in [2.05, 4.69) is 41.4 Å². The van der Waals surface area contributed by atoms with Gasteiger partial charge in [0.1, 0.15) is 0 Å². The molecule has 0 aliphatic carbocycles. The molecular weight excluding hydrogens is 254 g/mol. The van der Waals surface area contributed by atoms with Gasteiger partial charge in [-0.3, -0.25) is 4.98 Å². The quantitative estimate of drug-likeness (QED) is 0.630. The highest BCUT2D eigenvalue weighted by Gasteiger charge is 2.01. The molecule has 0 amide bonds. The molecule has 0 unspecified atom stereocenters. The van der Waals surface area contributed by atoms with Crippen molar-refractivity contribution in [1.82, 2.24) is 4.98 Å². The van der Waals surface area contributed by atoms with E-state index in [1.54, 1.807) is 6.20 Å². The van der Waals surface area contributed by atoms with Crippen LogP contribution in [0.3, 0.4) is 0 Å². The van der Waals surface area contributed by atoms with E-state index < -0.39 is 0 Å². The van der Waals surface area contributed by atoms with Gasteiger partial charge in [0.25, 0.3) is 0 Å². The molecule has 1 nitrogen and oxygen atoms in total. The summed E-state index contributed by atoms with van der Waals surface area (Å²) in [7, 11) is 0. The van der Waals surface area contributed by atoms with E-state index in [0.29, 0.717) is 5.02 Å². The van der Waals surface area contributed by atoms with Crippen LogP contribution in [-0.4, -0.2) is 4.98 Å². The van der Waals surface area contributed by atoms with Crippen molar-refractivity contribution in [1.29, 1.82) is 0 Å². The molecule has 2 heteroatoms. The van der Waals surface area contributed by atoms with Crippen molar-refractivity contribution in [2.75, 3.05) is 0 Å². The number of hydrogen-bond donors (Lipinski definition) is 0. The fourth-order valence-electron chi connectivity index (χ4n) is 2.01. The van der Waals surface area contributed by atoms with Crippen molar-refractivity contribution in [2.45, 2.75) is 0 Å². The molecule has 2 aromatic carbocycles. The predicted octanol–water partition coefficient (Wildman–Crippen LogP) is 5.07. The Morgan fingerprint density at radius 1 is 0.632 bits per heavy atom. The molecule has 0 aliphatic heterocycles. The molecule has 0 saturated carbocycles. The Morgan fingerprint density at radius 2 is 1.26 bits per heavy atom. The van der Waals surface area contributed by atoms with Gasteiger partial charge in [-0.05, 0) is 23.3 Å². The molecule has 92 valence electrons. The lowest BCUT2D eigenvalue weighted by molar-refractivity contribution is 1.33. The summed E-state index contributed by atoms with van der Waals surface area (Å²) >= 11 is 5.84. The predicted molar refractivity (Wildman–Crippen MR) is 80.1 cm³/mol. The van der Waals surface area contributed by atoms with Gasteiger partial charge < -0.3 is 0 Å². The summed E-state index contributed by atoms with van der Waals surface area (Å²) in [6, 6.07) is 22.5. The highest BCUT2D eigenvalue weighted by Crippen LogP contribution is 2.24. The van der Waals surface area contributed by atoms with Gasteiger partial charge in [0.05, 0.1) is 10.7 Å². The zero-order valence-corrected chi connectivity index (χ0v) is 11.0. The summed E-state index contributed by atoms with van der Waals surface area (Å²) in [6.45, 7) is 0. The minimum absolute atomic E-state index is 0.657. The summed E-state index contributed by atoms with van der Waals surface area (Å²) in [5.41, 5.74) is 4.46. The number of pyridine rings is 1. The van der Waals surface area contributed by atoms with Gasteiger partial charge in [0, 0.05) is 11.8 Å². The topological polar surface area (TPSA) is 12.9 Å². The Bertz CT molecular complexity index is 658. The van der Waals surface area contributed by atoms with E-state index >= 15 is 0 Å². The van der Waals surface area contributed by atoms with Gasteiger partial charge >= 0.3 is 0 Å². The number of aromatic nitrogens is 1. The fourth-order valence-corrected chi connectivity index (χ4v) is 2.12. The molecule has 0 fully saturated rings. The molecule has 0 radical (unpaired) electrons. The van der Waals surface area contributed by atoms with Gasteiger partial charge in [-0.1, -0.05) is 66.2 Å². The van der Waals surface area contributed by atoms with Crippen molar-refractivity contribution in [3.63, 3.8) is 0 Å². The Hall–Kier alpha value is -2.12. The molecule has 3 aromatic rings. The van der Waals surface area contributed by atoms with Gasteiger partial charge in [-0.15, -0.1) is 0 Å². The monoisotopic (exact) mass is 265 g/mol. The van der Waals surface area contributed by atoms with Crippen LogP contribution in [0, 0.1) is 0 Å². The second-order valence-corrected chi connectivity index (χ2v) is 4.74. The Kier molecular flexibility index (Phi) is 3.30. The molecule has 0 saturated heterocycles. The maximum Gasteiger partial charge on any atom is 0.0703 e. The molecule has 0 spiro atoms. The zero-order valence-electron chi connectivity index (χ0n) is 10.3. The maximum absolute atomic E-state index is 5.84. The SMILES string of the molecule is Clc1ccc(-c2ccc(-c3ccccc3)cc2)nc1. The van der Waals surface area contributed by atoms with Crippen LogP contribution >= 0.6 is 11.6 Å². The van der Waals surface area contributed by atoms with E-state index in [1.165, 1.54) is 11.1 Å². The molecule has 0 bridgehead atoms. The molecular formula is C17H12ClN. The van der Waals surface area contributed by atoms with Crippen LogP contribution in [0.25, 0.3) is 22.4 Å². The maximum atomic E-state index is 5.84. The van der Waals surface area contributed by atoms with E-state index in [1.807, 2.05) is 30.3 Å². The van der Waals surface area contributed by atoms with Crippen molar-refractivity contribution in [2.24, 2.45) is 0 Å². The molecule has 0 N–H and O–H groups in total. The highest BCUT2D eigenvalue weighted by molar-refractivity contribution is 6.30. The standard InChI is InChI=1S/C17H12ClN/c18-16-10-11-17(19-12-16)15-8-6-14(7-9-15)13-4-2-1-3-5-13/h1-12H. The minimum atomic E-state index is 0.657. The second-order valence-electron chi connectivity index (χ2n) is 4.31. The lowest BCUT2D eigenvalue weighted by Gasteiger charge is -2.04. The van der Waals surface area contributed by atoms with E-state index in [0.717, 1.165) is 11.3 Å². The van der Waals surface area contributed by atoms with Crippen molar-refractivity contribution >= 4 is 11.6 Å². The van der Waals surface area contributed by atoms with Crippen LogP contribution < -0.4 is 0 Å². The first-order valence-electron chi connectivity index (χ1n) is 6.10. The van der Waals surface area contributed by atoms with Crippen molar-refractivity contribution in [3.8, 4) is 22.4 Å². The molecule has 1 aromatic heterocycles. The van der Waals surface area contributed by atoms with Gasteiger partial charge in [0.2, 0.25) is 0 Å². The van der Waals surface area contributed by atoms with Crippen LogP contribution in [0.2, 0.25) is 5.02 Å². The first kappa shape index (κ1) is 11.9. The van der Waals surface area contributed by atoms with Gasteiger partial charge in [-0.25, -0.2) is 0 Å². The average Bonchev–Trinajstić information content (AvgIpc) is 2.49. The zero-order chi connectivity index (χ0) is 13.1. The molecule has 19 heavy (non-hydrogen) atoms. The molecule has 0 atom stereocenters. The highest BCUT2D eigenvalue weighted by atomic mass is 35.5. The second kappa shape index (κ2) is 5.25. The number of benzene rings is 2. The van der Waals surface area contributed by atoms with Crippen LogP contribution in [0.4, 0.5) is 0 Å². The normalized spacial score (nSPS) is 10.4. The van der Waals surface area contributed by atoms with Crippen LogP contribution in [0.1, 0.15) is 0 Å². The smallest absolute Gasteiger partial charge is 0.0703 e. The lowest BCUT2D eigenvalue weighted by atomic mass is 10.0.